The molecule has 2 aromatic carbocycles. The van der Waals surface area contributed by atoms with Gasteiger partial charge in [-0.2, -0.15) is 0 Å². The Hall–Kier alpha value is -3.75. The van der Waals surface area contributed by atoms with Crippen LogP contribution in [0, 0.1) is 39.7 Å². The SMILES string of the molecule is COc1ccc(N2C(=O)[C@@H]3[C@H]4C[C@H]([C@H]5ON=C(c6ccc([N+](=O)[O-])cc6)[C@H]45)[C@@H]3C2=O)cc1. The lowest BCUT2D eigenvalue weighted by atomic mass is 9.71. The molecule has 2 aromatic rings. The summed E-state index contributed by atoms with van der Waals surface area (Å²) in [5.74, 6) is -0.729. The summed E-state index contributed by atoms with van der Waals surface area (Å²) >= 11 is 0. The molecule has 0 aromatic heterocycles. The Bertz CT molecular complexity index is 1180. The number of non-ortho nitro benzene ring substituents is 1. The highest BCUT2D eigenvalue weighted by atomic mass is 16.6. The standard InChI is InChI=1S/C23H19N3O6/c1-31-14-8-6-12(7-9-14)25-22(27)17-15-10-16(18(17)23(25)28)21-19(15)20(24-32-21)11-2-4-13(5-3-11)26(29)30/h2-9,15-19,21H,10H2,1H3/t15-,16+,17-,18+,19+,21-/m1/s1. The van der Waals surface area contributed by atoms with Crippen molar-refractivity contribution in [3.8, 4) is 5.75 Å². The second kappa shape index (κ2) is 6.62. The summed E-state index contributed by atoms with van der Waals surface area (Å²) in [6.45, 7) is 0. The lowest BCUT2D eigenvalue weighted by Gasteiger charge is -2.29. The number of carbonyl (C=O) groups excluding carboxylic acids is 2. The Morgan fingerprint density at radius 2 is 1.66 bits per heavy atom. The smallest absolute Gasteiger partial charge is 0.269 e. The number of amides is 2. The molecule has 2 aliphatic heterocycles. The number of ether oxygens (including phenoxy) is 1. The molecule has 162 valence electrons. The molecule has 1 saturated heterocycles. The van der Waals surface area contributed by atoms with Gasteiger partial charge in [0, 0.05) is 29.5 Å². The van der Waals surface area contributed by atoms with Crippen LogP contribution < -0.4 is 9.64 Å². The molecule has 0 spiro atoms. The number of nitro benzene ring substituents is 1. The van der Waals surface area contributed by atoms with Crippen LogP contribution in [0.3, 0.4) is 0 Å². The molecule has 0 N–H and O–H groups in total. The van der Waals surface area contributed by atoms with Crippen molar-refractivity contribution in [3.63, 3.8) is 0 Å². The molecule has 4 aliphatic rings. The maximum Gasteiger partial charge on any atom is 0.269 e. The van der Waals surface area contributed by atoms with E-state index in [2.05, 4.69) is 5.16 Å². The second-order valence-corrected chi connectivity index (χ2v) is 8.70. The van der Waals surface area contributed by atoms with Crippen molar-refractivity contribution in [1.29, 1.82) is 0 Å². The number of imide groups is 1. The Balaban J connectivity index is 1.30. The van der Waals surface area contributed by atoms with Crippen LogP contribution in [0.5, 0.6) is 5.75 Å². The van der Waals surface area contributed by atoms with Crippen LogP contribution >= 0.6 is 0 Å². The average molecular weight is 433 g/mol. The lowest BCUT2D eigenvalue weighted by Crippen LogP contribution is -2.41. The van der Waals surface area contributed by atoms with Crippen LogP contribution in [0.15, 0.2) is 53.7 Å². The van der Waals surface area contributed by atoms with Crippen LogP contribution in [0.25, 0.3) is 0 Å². The summed E-state index contributed by atoms with van der Waals surface area (Å²) in [6.07, 6.45) is 0.490. The Labute approximate surface area is 182 Å². The molecular formula is C23H19N3O6. The fourth-order valence-corrected chi connectivity index (χ4v) is 6.10. The van der Waals surface area contributed by atoms with Gasteiger partial charge in [-0.15, -0.1) is 0 Å². The quantitative estimate of drug-likeness (QED) is 0.416. The first-order valence-corrected chi connectivity index (χ1v) is 10.5. The molecule has 2 aliphatic carbocycles. The van der Waals surface area contributed by atoms with E-state index < -0.39 is 16.8 Å². The van der Waals surface area contributed by atoms with E-state index in [1.165, 1.54) is 17.0 Å². The third-order valence-corrected chi connectivity index (χ3v) is 7.40. The molecule has 2 amide bonds. The Morgan fingerprint density at radius 1 is 1.00 bits per heavy atom. The number of hydrogen-bond donors (Lipinski definition) is 0. The highest BCUT2D eigenvalue weighted by Crippen LogP contribution is 2.62. The van der Waals surface area contributed by atoms with Gasteiger partial charge >= 0.3 is 0 Å². The average Bonchev–Trinajstić information content (AvgIpc) is 3.54. The molecule has 2 heterocycles. The molecule has 2 bridgehead atoms. The number of nitro groups is 1. The van der Waals surface area contributed by atoms with E-state index >= 15 is 0 Å². The van der Waals surface area contributed by atoms with Crippen molar-refractivity contribution in [2.24, 2.45) is 34.7 Å². The van der Waals surface area contributed by atoms with Gasteiger partial charge in [-0.05, 0) is 48.7 Å². The fraction of sp³-hybridized carbons (Fsp3) is 0.348. The second-order valence-electron chi connectivity index (χ2n) is 8.70. The van der Waals surface area contributed by atoms with E-state index in [0.717, 1.165) is 12.0 Å². The zero-order chi connectivity index (χ0) is 22.1. The molecule has 32 heavy (non-hydrogen) atoms. The van der Waals surface area contributed by atoms with Crippen molar-refractivity contribution in [1.82, 2.24) is 0 Å². The van der Waals surface area contributed by atoms with Gasteiger partial charge in [0.1, 0.15) is 11.9 Å². The minimum absolute atomic E-state index is 0.00419. The molecule has 3 fully saturated rings. The number of fused-ring (bicyclic) bond motifs is 8. The first-order valence-electron chi connectivity index (χ1n) is 10.5. The van der Waals surface area contributed by atoms with Crippen LogP contribution in [0.4, 0.5) is 11.4 Å². The normalized spacial score (nSPS) is 31.9. The van der Waals surface area contributed by atoms with Crippen molar-refractivity contribution in [2.45, 2.75) is 12.5 Å². The van der Waals surface area contributed by atoms with Gasteiger partial charge in [0.15, 0.2) is 0 Å². The summed E-state index contributed by atoms with van der Waals surface area (Å²) in [7, 11) is 1.56. The maximum atomic E-state index is 13.4. The topological polar surface area (TPSA) is 111 Å². The maximum absolute atomic E-state index is 13.4. The van der Waals surface area contributed by atoms with E-state index in [4.69, 9.17) is 9.57 Å². The number of carbonyl (C=O) groups is 2. The zero-order valence-corrected chi connectivity index (χ0v) is 17.1. The molecule has 2 saturated carbocycles. The highest BCUT2D eigenvalue weighted by Gasteiger charge is 2.70. The monoisotopic (exact) mass is 433 g/mol. The molecule has 9 nitrogen and oxygen atoms in total. The first-order chi connectivity index (χ1) is 15.5. The fourth-order valence-electron chi connectivity index (χ4n) is 6.10. The Kier molecular flexibility index (Phi) is 3.93. The number of hydrogen-bond acceptors (Lipinski definition) is 7. The van der Waals surface area contributed by atoms with Crippen molar-refractivity contribution < 1.29 is 24.1 Å². The highest BCUT2D eigenvalue weighted by molar-refractivity contribution is 6.23. The largest absolute Gasteiger partial charge is 0.497 e. The lowest BCUT2D eigenvalue weighted by molar-refractivity contribution is -0.384. The third kappa shape index (κ3) is 2.41. The molecule has 6 rings (SSSR count). The van der Waals surface area contributed by atoms with E-state index in [9.17, 15) is 19.7 Å². The van der Waals surface area contributed by atoms with E-state index in [-0.39, 0.29) is 41.4 Å². The number of oxime groups is 1. The molecular weight excluding hydrogens is 414 g/mol. The minimum Gasteiger partial charge on any atom is -0.497 e. The third-order valence-electron chi connectivity index (χ3n) is 7.40. The number of methoxy groups -OCH3 is 1. The van der Waals surface area contributed by atoms with Gasteiger partial charge in [-0.1, -0.05) is 5.16 Å². The van der Waals surface area contributed by atoms with E-state index in [1.807, 2.05) is 0 Å². The van der Waals surface area contributed by atoms with Gasteiger partial charge in [0.05, 0.1) is 35.3 Å². The molecule has 9 heteroatoms. The zero-order valence-electron chi connectivity index (χ0n) is 17.1. The van der Waals surface area contributed by atoms with E-state index in [1.54, 1.807) is 43.5 Å². The molecule has 0 unspecified atom stereocenters. The number of anilines is 1. The number of benzene rings is 2. The first kappa shape index (κ1) is 19.0. The van der Waals surface area contributed by atoms with Gasteiger partial charge in [0.2, 0.25) is 11.8 Å². The van der Waals surface area contributed by atoms with E-state index in [0.29, 0.717) is 17.1 Å². The van der Waals surface area contributed by atoms with Crippen molar-refractivity contribution >= 4 is 28.9 Å². The van der Waals surface area contributed by atoms with Gasteiger partial charge in [-0.25, -0.2) is 0 Å². The van der Waals surface area contributed by atoms with Crippen LogP contribution in [-0.4, -0.2) is 35.7 Å². The summed E-state index contributed by atoms with van der Waals surface area (Å²) in [5, 5.41) is 15.2. The summed E-state index contributed by atoms with van der Waals surface area (Å²) < 4.78 is 5.17. The van der Waals surface area contributed by atoms with Gasteiger partial charge in [0.25, 0.3) is 5.69 Å². The predicted molar refractivity (Wildman–Crippen MR) is 112 cm³/mol. The van der Waals surface area contributed by atoms with Gasteiger partial charge in [-0.3, -0.25) is 24.6 Å². The predicted octanol–water partition coefficient (Wildman–Crippen LogP) is 2.78. The Morgan fingerprint density at radius 3 is 2.28 bits per heavy atom. The molecule has 6 atom stereocenters. The summed E-state index contributed by atoms with van der Waals surface area (Å²) in [4.78, 5) is 44.3. The number of nitrogens with zero attached hydrogens (tertiary/aromatic N) is 3. The molecule has 0 radical (unpaired) electrons. The summed E-state index contributed by atoms with van der Waals surface area (Å²) in [6, 6.07) is 13.1. The minimum atomic E-state index is -0.446. The van der Waals surface area contributed by atoms with Gasteiger partial charge < -0.3 is 9.57 Å². The van der Waals surface area contributed by atoms with Crippen molar-refractivity contribution in [3.05, 3.63) is 64.2 Å². The summed E-state index contributed by atoms with van der Waals surface area (Å²) in [5.41, 5.74) is 2.00. The van der Waals surface area contributed by atoms with Crippen LogP contribution in [0.2, 0.25) is 0 Å². The van der Waals surface area contributed by atoms with Crippen LogP contribution in [0.1, 0.15) is 12.0 Å². The van der Waals surface area contributed by atoms with Crippen LogP contribution in [-0.2, 0) is 14.4 Å². The number of rotatable bonds is 4. The van der Waals surface area contributed by atoms with Crippen molar-refractivity contribution in [2.75, 3.05) is 12.0 Å².